The van der Waals surface area contributed by atoms with Gasteiger partial charge in [0.2, 0.25) is 0 Å². The summed E-state index contributed by atoms with van der Waals surface area (Å²) in [5, 5.41) is 10.9. The van der Waals surface area contributed by atoms with E-state index in [1.165, 1.54) is 6.07 Å². The Morgan fingerprint density at radius 3 is 2.47 bits per heavy atom. The molecule has 0 aromatic heterocycles. The van der Waals surface area contributed by atoms with Gasteiger partial charge in [-0.3, -0.25) is 0 Å². The molecule has 4 heteroatoms. The Labute approximate surface area is 99.6 Å². The minimum atomic E-state index is -1.02. The fourth-order valence-corrected chi connectivity index (χ4v) is 2.33. The molecule has 0 saturated carbocycles. The molecule has 15 heavy (non-hydrogen) atoms. The molecule has 76 valence electrons. The van der Waals surface area contributed by atoms with Crippen LogP contribution < -0.4 is 0 Å². The minimum absolute atomic E-state index is 0.113. The largest absolute Gasteiger partial charge is 0.478 e. The van der Waals surface area contributed by atoms with Crippen molar-refractivity contribution in [3.8, 4) is 0 Å². The number of halogens is 2. The predicted octanol–water partition coefficient (Wildman–Crippen LogP) is 3.95. The number of aromatic carboxylic acids is 1. The van der Waals surface area contributed by atoms with Gasteiger partial charge in [-0.1, -0.05) is 51.8 Å². The first kappa shape index (κ1) is 10.5. The van der Waals surface area contributed by atoms with E-state index in [0.29, 0.717) is 0 Å². The monoisotopic (exact) mass is 284 g/mol. The molecule has 0 unspecified atom stereocenters. The molecule has 1 N–H and O–H groups in total. The predicted molar refractivity (Wildman–Crippen MR) is 63.6 cm³/mol. The number of carbonyl (C=O) groups is 1. The molecule has 0 atom stereocenters. The zero-order valence-electron chi connectivity index (χ0n) is 7.50. The minimum Gasteiger partial charge on any atom is -0.478 e. The van der Waals surface area contributed by atoms with Crippen LogP contribution in [0.25, 0.3) is 10.8 Å². The van der Waals surface area contributed by atoms with E-state index in [0.717, 1.165) is 15.2 Å². The lowest BCUT2D eigenvalue weighted by molar-refractivity contribution is 0.0697. The second kappa shape index (κ2) is 3.83. The third-order valence-electron chi connectivity index (χ3n) is 2.16. The van der Waals surface area contributed by atoms with Crippen LogP contribution in [0.3, 0.4) is 0 Å². The van der Waals surface area contributed by atoms with Crippen LogP contribution in [0.15, 0.2) is 34.8 Å². The van der Waals surface area contributed by atoms with Crippen molar-refractivity contribution in [3.05, 3.63) is 45.4 Å². The van der Waals surface area contributed by atoms with Crippen LogP contribution in [-0.4, -0.2) is 11.1 Å². The highest BCUT2D eigenvalue weighted by Gasteiger charge is 2.13. The summed E-state index contributed by atoms with van der Waals surface area (Å²) in [5.41, 5.74) is 0.113. The molecular weight excluding hydrogens is 279 g/mol. The second-order valence-electron chi connectivity index (χ2n) is 3.07. The molecule has 0 aliphatic heterocycles. The van der Waals surface area contributed by atoms with Gasteiger partial charge in [0, 0.05) is 9.86 Å². The summed E-state index contributed by atoms with van der Waals surface area (Å²) in [4.78, 5) is 10.9. The Morgan fingerprint density at radius 2 is 1.87 bits per heavy atom. The van der Waals surface area contributed by atoms with E-state index in [4.69, 9.17) is 16.7 Å². The molecule has 2 rings (SSSR count). The second-order valence-corrected chi connectivity index (χ2v) is 4.30. The molecule has 2 nitrogen and oxygen atoms in total. The SMILES string of the molecule is O=C(O)c1cc(Br)c2ccccc2c1Cl. The van der Waals surface area contributed by atoms with Crippen LogP contribution in [0, 0.1) is 0 Å². The lowest BCUT2D eigenvalue weighted by atomic mass is 10.1. The maximum atomic E-state index is 10.9. The maximum Gasteiger partial charge on any atom is 0.337 e. The molecule has 0 bridgehead atoms. The Bertz CT molecular complexity index is 552. The van der Waals surface area contributed by atoms with Crippen molar-refractivity contribution in [3.63, 3.8) is 0 Å². The maximum absolute atomic E-state index is 10.9. The zero-order valence-corrected chi connectivity index (χ0v) is 9.84. The van der Waals surface area contributed by atoms with E-state index in [1.54, 1.807) is 6.07 Å². The molecule has 0 amide bonds. The van der Waals surface area contributed by atoms with Gasteiger partial charge >= 0.3 is 5.97 Å². The van der Waals surface area contributed by atoms with Crippen molar-refractivity contribution in [1.82, 2.24) is 0 Å². The number of benzene rings is 2. The van der Waals surface area contributed by atoms with Gasteiger partial charge in [0.05, 0.1) is 10.6 Å². The third kappa shape index (κ3) is 1.73. The van der Waals surface area contributed by atoms with Gasteiger partial charge in [-0.2, -0.15) is 0 Å². The highest BCUT2D eigenvalue weighted by Crippen LogP contribution is 2.33. The summed E-state index contributed by atoms with van der Waals surface area (Å²) in [5.74, 6) is -1.02. The number of hydrogen-bond acceptors (Lipinski definition) is 1. The molecule has 0 aliphatic rings. The van der Waals surface area contributed by atoms with Gasteiger partial charge < -0.3 is 5.11 Å². The van der Waals surface area contributed by atoms with Crippen molar-refractivity contribution in [2.45, 2.75) is 0 Å². The average molecular weight is 286 g/mol. The first-order chi connectivity index (χ1) is 7.11. The van der Waals surface area contributed by atoms with Crippen LogP contribution in [-0.2, 0) is 0 Å². The third-order valence-corrected chi connectivity index (χ3v) is 3.22. The molecule has 0 fully saturated rings. The number of carboxylic acid groups (broad SMARTS) is 1. The summed E-state index contributed by atoms with van der Waals surface area (Å²) in [6.45, 7) is 0. The highest BCUT2D eigenvalue weighted by molar-refractivity contribution is 9.10. The molecule has 2 aromatic rings. The van der Waals surface area contributed by atoms with Gasteiger partial charge in [-0.15, -0.1) is 0 Å². The molecule has 0 aliphatic carbocycles. The van der Waals surface area contributed by atoms with Crippen LogP contribution in [0.4, 0.5) is 0 Å². The first-order valence-electron chi connectivity index (χ1n) is 4.21. The quantitative estimate of drug-likeness (QED) is 0.861. The summed E-state index contributed by atoms with van der Waals surface area (Å²) in [7, 11) is 0. The highest BCUT2D eigenvalue weighted by atomic mass is 79.9. The van der Waals surface area contributed by atoms with Crippen molar-refractivity contribution < 1.29 is 9.90 Å². The van der Waals surface area contributed by atoms with Crippen LogP contribution in [0.1, 0.15) is 10.4 Å². The van der Waals surface area contributed by atoms with E-state index in [9.17, 15) is 4.79 Å². The number of hydrogen-bond donors (Lipinski definition) is 1. The van der Waals surface area contributed by atoms with Gasteiger partial charge in [0.1, 0.15) is 0 Å². The standard InChI is InChI=1S/C11H6BrClO2/c12-9-5-8(11(14)15)10(13)7-4-2-1-3-6(7)9/h1-5H,(H,14,15). The number of rotatable bonds is 1. The molecule has 0 spiro atoms. The molecule has 2 aromatic carbocycles. The average Bonchev–Trinajstić information content (AvgIpc) is 2.23. The van der Waals surface area contributed by atoms with Crippen LogP contribution >= 0.6 is 27.5 Å². The summed E-state index contributed by atoms with van der Waals surface area (Å²) >= 11 is 9.34. The molecule has 0 saturated heterocycles. The fourth-order valence-electron chi connectivity index (χ4n) is 1.45. The van der Waals surface area contributed by atoms with E-state index in [-0.39, 0.29) is 10.6 Å². The van der Waals surface area contributed by atoms with Crippen LogP contribution in [0.5, 0.6) is 0 Å². The van der Waals surface area contributed by atoms with E-state index in [2.05, 4.69) is 15.9 Å². The van der Waals surface area contributed by atoms with Crippen molar-refractivity contribution >= 4 is 44.3 Å². The van der Waals surface area contributed by atoms with Crippen molar-refractivity contribution in [2.24, 2.45) is 0 Å². The van der Waals surface area contributed by atoms with Crippen molar-refractivity contribution in [1.29, 1.82) is 0 Å². The van der Waals surface area contributed by atoms with Gasteiger partial charge in [-0.05, 0) is 11.5 Å². The lowest BCUT2D eigenvalue weighted by Crippen LogP contribution is -1.98. The summed E-state index contributed by atoms with van der Waals surface area (Å²) < 4.78 is 0.736. The first-order valence-corrected chi connectivity index (χ1v) is 5.38. The Balaban J connectivity index is 2.90. The normalized spacial score (nSPS) is 10.5. The van der Waals surface area contributed by atoms with Crippen molar-refractivity contribution in [2.75, 3.05) is 0 Å². The fraction of sp³-hybridized carbons (Fsp3) is 0. The van der Waals surface area contributed by atoms with E-state index >= 15 is 0 Å². The van der Waals surface area contributed by atoms with Crippen LogP contribution in [0.2, 0.25) is 5.02 Å². The summed E-state index contributed by atoms with van der Waals surface area (Å²) in [6, 6.07) is 8.91. The number of carboxylic acids is 1. The Morgan fingerprint density at radius 1 is 1.27 bits per heavy atom. The molecule has 0 heterocycles. The number of fused-ring (bicyclic) bond motifs is 1. The topological polar surface area (TPSA) is 37.3 Å². The molecular formula is C11H6BrClO2. The Hall–Kier alpha value is -1.06. The van der Waals surface area contributed by atoms with Gasteiger partial charge in [0.15, 0.2) is 0 Å². The zero-order chi connectivity index (χ0) is 11.0. The lowest BCUT2D eigenvalue weighted by Gasteiger charge is -2.06. The van der Waals surface area contributed by atoms with Gasteiger partial charge in [-0.25, -0.2) is 4.79 Å². The van der Waals surface area contributed by atoms with Gasteiger partial charge in [0.25, 0.3) is 0 Å². The Kier molecular flexibility index (Phi) is 2.67. The summed E-state index contributed by atoms with van der Waals surface area (Å²) in [6.07, 6.45) is 0. The van der Waals surface area contributed by atoms with E-state index in [1.807, 2.05) is 18.2 Å². The van der Waals surface area contributed by atoms with E-state index < -0.39 is 5.97 Å². The molecule has 0 radical (unpaired) electrons. The smallest absolute Gasteiger partial charge is 0.337 e.